The fourth-order valence-electron chi connectivity index (χ4n) is 2.20. The predicted octanol–water partition coefficient (Wildman–Crippen LogP) is 1.35. The highest BCUT2D eigenvalue weighted by molar-refractivity contribution is 5.93. The quantitative estimate of drug-likeness (QED) is 0.889. The van der Waals surface area contributed by atoms with Gasteiger partial charge in [-0.1, -0.05) is 0 Å². The maximum atomic E-state index is 12.4. The number of aromatic nitrogens is 1. The molecule has 1 saturated heterocycles. The SMILES string of the molecule is CC1(O)CCN(C(=O)c2cccn2CC(F)F)C1. The van der Waals surface area contributed by atoms with Gasteiger partial charge in [0.2, 0.25) is 0 Å². The summed E-state index contributed by atoms with van der Waals surface area (Å²) in [6.07, 6.45) is -0.521. The second-order valence-electron chi connectivity index (χ2n) is 4.91. The van der Waals surface area contributed by atoms with E-state index in [4.69, 9.17) is 0 Å². The average molecular weight is 258 g/mol. The Morgan fingerprint density at radius 2 is 2.33 bits per heavy atom. The number of aliphatic hydroxyl groups is 1. The normalized spacial score (nSPS) is 23.9. The number of halogens is 2. The molecule has 0 spiro atoms. The molecule has 2 heterocycles. The zero-order valence-electron chi connectivity index (χ0n) is 10.1. The van der Waals surface area contributed by atoms with Crippen LogP contribution in [0.5, 0.6) is 0 Å². The maximum Gasteiger partial charge on any atom is 0.270 e. The molecule has 1 aromatic heterocycles. The minimum Gasteiger partial charge on any atom is -0.388 e. The molecular weight excluding hydrogens is 242 g/mol. The standard InChI is InChI=1S/C12H16F2N2O2/c1-12(18)4-6-16(8-12)11(17)9-3-2-5-15(9)7-10(13)14/h2-3,5,10,18H,4,6-8H2,1H3. The zero-order valence-corrected chi connectivity index (χ0v) is 10.1. The number of amides is 1. The first-order valence-electron chi connectivity index (χ1n) is 5.84. The number of nitrogens with zero attached hydrogens (tertiary/aromatic N) is 2. The van der Waals surface area contributed by atoms with Crippen LogP contribution < -0.4 is 0 Å². The van der Waals surface area contributed by atoms with E-state index in [2.05, 4.69) is 0 Å². The molecule has 1 fully saturated rings. The van der Waals surface area contributed by atoms with Crippen LogP contribution >= 0.6 is 0 Å². The van der Waals surface area contributed by atoms with E-state index in [0.717, 1.165) is 0 Å². The van der Waals surface area contributed by atoms with E-state index >= 15 is 0 Å². The molecule has 1 N–H and O–H groups in total. The third kappa shape index (κ3) is 2.69. The lowest BCUT2D eigenvalue weighted by atomic mass is 10.1. The molecule has 1 aromatic rings. The monoisotopic (exact) mass is 258 g/mol. The van der Waals surface area contributed by atoms with Crippen LogP contribution in [-0.2, 0) is 6.54 Å². The van der Waals surface area contributed by atoms with Gasteiger partial charge in [0.1, 0.15) is 5.69 Å². The lowest BCUT2D eigenvalue weighted by Gasteiger charge is -2.19. The van der Waals surface area contributed by atoms with Crippen LogP contribution in [0.25, 0.3) is 0 Å². The lowest BCUT2D eigenvalue weighted by molar-refractivity contribution is 0.0561. The fraction of sp³-hybridized carbons (Fsp3) is 0.583. The first kappa shape index (κ1) is 13.0. The number of likely N-dealkylation sites (tertiary alicyclic amines) is 1. The molecule has 6 heteroatoms. The van der Waals surface area contributed by atoms with Crippen LogP contribution in [0.1, 0.15) is 23.8 Å². The topological polar surface area (TPSA) is 45.5 Å². The van der Waals surface area contributed by atoms with Gasteiger partial charge in [-0.25, -0.2) is 8.78 Å². The number of carbonyl (C=O) groups is 1. The van der Waals surface area contributed by atoms with Gasteiger partial charge in [0.15, 0.2) is 0 Å². The molecule has 1 aliphatic heterocycles. The molecule has 0 radical (unpaired) electrons. The Morgan fingerprint density at radius 3 is 2.89 bits per heavy atom. The van der Waals surface area contributed by atoms with Crippen LogP contribution in [0.3, 0.4) is 0 Å². The summed E-state index contributed by atoms with van der Waals surface area (Å²) in [6, 6.07) is 3.10. The number of alkyl halides is 2. The predicted molar refractivity (Wildman–Crippen MR) is 61.6 cm³/mol. The molecular formula is C12H16F2N2O2. The Balaban J connectivity index is 2.12. The van der Waals surface area contributed by atoms with Crippen molar-refractivity contribution >= 4 is 5.91 Å². The van der Waals surface area contributed by atoms with Gasteiger partial charge >= 0.3 is 0 Å². The van der Waals surface area contributed by atoms with Crippen molar-refractivity contribution in [3.8, 4) is 0 Å². The van der Waals surface area contributed by atoms with Gasteiger partial charge < -0.3 is 14.6 Å². The summed E-state index contributed by atoms with van der Waals surface area (Å²) in [4.78, 5) is 13.6. The summed E-state index contributed by atoms with van der Waals surface area (Å²) in [5, 5.41) is 9.81. The molecule has 100 valence electrons. The third-order valence-corrected chi connectivity index (χ3v) is 3.12. The van der Waals surface area contributed by atoms with Crippen LogP contribution in [0.15, 0.2) is 18.3 Å². The van der Waals surface area contributed by atoms with Gasteiger partial charge in [-0.05, 0) is 25.5 Å². The van der Waals surface area contributed by atoms with Crippen molar-refractivity contribution in [3.05, 3.63) is 24.0 Å². The molecule has 0 aliphatic carbocycles. The van der Waals surface area contributed by atoms with E-state index in [-0.39, 0.29) is 18.1 Å². The smallest absolute Gasteiger partial charge is 0.270 e. The Kier molecular flexibility index (Phi) is 3.38. The number of carbonyl (C=O) groups excluding carboxylic acids is 1. The van der Waals surface area contributed by atoms with Gasteiger partial charge in [0.05, 0.1) is 12.1 Å². The summed E-state index contributed by atoms with van der Waals surface area (Å²) < 4.78 is 26.0. The number of rotatable bonds is 3. The second kappa shape index (κ2) is 4.68. The first-order valence-corrected chi connectivity index (χ1v) is 5.84. The van der Waals surface area contributed by atoms with Gasteiger partial charge in [0.25, 0.3) is 12.3 Å². The molecule has 18 heavy (non-hydrogen) atoms. The molecule has 2 rings (SSSR count). The van der Waals surface area contributed by atoms with Gasteiger partial charge in [-0.2, -0.15) is 0 Å². The van der Waals surface area contributed by atoms with E-state index < -0.39 is 18.6 Å². The fourth-order valence-corrected chi connectivity index (χ4v) is 2.20. The van der Waals surface area contributed by atoms with Gasteiger partial charge in [-0.15, -0.1) is 0 Å². The van der Waals surface area contributed by atoms with Crippen LogP contribution in [0.2, 0.25) is 0 Å². The Morgan fingerprint density at radius 1 is 1.61 bits per heavy atom. The van der Waals surface area contributed by atoms with Gasteiger partial charge in [0, 0.05) is 19.3 Å². The highest BCUT2D eigenvalue weighted by Crippen LogP contribution is 2.22. The lowest BCUT2D eigenvalue weighted by Crippen LogP contribution is -2.35. The maximum absolute atomic E-state index is 12.4. The summed E-state index contributed by atoms with van der Waals surface area (Å²) in [5.41, 5.74) is -0.636. The van der Waals surface area contributed by atoms with Crippen molar-refractivity contribution in [1.82, 2.24) is 9.47 Å². The van der Waals surface area contributed by atoms with E-state index in [1.165, 1.54) is 21.7 Å². The van der Waals surface area contributed by atoms with Crippen molar-refractivity contribution < 1.29 is 18.7 Å². The van der Waals surface area contributed by atoms with Crippen molar-refractivity contribution in [3.63, 3.8) is 0 Å². The molecule has 0 saturated carbocycles. The van der Waals surface area contributed by atoms with Gasteiger partial charge in [-0.3, -0.25) is 4.79 Å². The van der Waals surface area contributed by atoms with E-state index in [9.17, 15) is 18.7 Å². The summed E-state index contributed by atoms with van der Waals surface area (Å²) in [7, 11) is 0. The van der Waals surface area contributed by atoms with Crippen LogP contribution in [0.4, 0.5) is 8.78 Å². The third-order valence-electron chi connectivity index (χ3n) is 3.12. The Bertz CT molecular complexity index is 443. The molecule has 1 unspecified atom stereocenters. The van der Waals surface area contributed by atoms with E-state index in [1.54, 1.807) is 13.0 Å². The van der Waals surface area contributed by atoms with Crippen molar-refractivity contribution in [2.75, 3.05) is 13.1 Å². The van der Waals surface area contributed by atoms with E-state index in [0.29, 0.717) is 13.0 Å². The average Bonchev–Trinajstić information content (AvgIpc) is 2.83. The number of hydrogen-bond acceptors (Lipinski definition) is 2. The summed E-state index contributed by atoms with van der Waals surface area (Å²) in [5.74, 6) is -0.307. The van der Waals surface area contributed by atoms with Crippen molar-refractivity contribution in [2.45, 2.75) is 31.9 Å². The second-order valence-corrected chi connectivity index (χ2v) is 4.91. The first-order chi connectivity index (χ1) is 8.39. The van der Waals surface area contributed by atoms with E-state index in [1.807, 2.05) is 0 Å². The van der Waals surface area contributed by atoms with Crippen LogP contribution in [-0.4, -0.2) is 45.6 Å². The summed E-state index contributed by atoms with van der Waals surface area (Å²) in [6.45, 7) is 1.87. The highest BCUT2D eigenvalue weighted by atomic mass is 19.3. The molecule has 1 atom stereocenters. The minimum atomic E-state index is -2.49. The Hall–Kier alpha value is -1.43. The molecule has 1 amide bonds. The van der Waals surface area contributed by atoms with Crippen molar-refractivity contribution in [2.24, 2.45) is 0 Å². The highest BCUT2D eigenvalue weighted by Gasteiger charge is 2.35. The molecule has 4 nitrogen and oxygen atoms in total. The zero-order chi connectivity index (χ0) is 13.3. The number of hydrogen-bond donors (Lipinski definition) is 1. The minimum absolute atomic E-state index is 0.242. The molecule has 1 aliphatic rings. The molecule has 0 aromatic carbocycles. The van der Waals surface area contributed by atoms with Crippen molar-refractivity contribution in [1.29, 1.82) is 0 Å². The molecule has 0 bridgehead atoms. The summed E-state index contributed by atoms with van der Waals surface area (Å²) >= 11 is 0. The Labute approximate surface area is 104 Å². The van der Waals surface area contributed by atoms with Crippen LogP contribution in [0, 0.1) is 0 Å². The largest absolute Gasteiger partial charge is 0.388 e. The number of β-amino-alcohol motifs (C(OH)–C–C–N with tert-alkyl or cyclic N) is 1.